The van der Waals surface area contributed by atoms with E-state index in [9.17, 15) is 4.79 Å². The van der Waals surface area contributed by atoms with E-state index in [1.807, 2.05) is 0 Å². The normalized spacial score (nSPS) is 14.4. The van der Waals surface area contributed by atoms with E-state index in [2.05, 4.69) is 65.7 Å². The third-order valence-electron chi connectivity index (χ3n) is 4.54. The van der Waals surface area contributed by atoms with Gasteiger partial charge in [0.15, 0.2) is 0 Å². The molecule has 3 rings (SSSR count). The topological polar surface area (TPSA) is 32.3 Å². The lowest BCUT2D eigenvalue weighted by atomic mass is 10.1. The molecule has 0 spiro atoms. The van der Waals surface area contributed by atoms with Gasteiger partial charge < -0.3 is 10.2 Å². The summed E-state index contributed by atoms with van der Waals surface area (Å²) in [6, 6.07) is 16.9. The average molecular weight is 355 g/mol. The Morgan fingerprint density at radius 1 is 1.00 bits per heavy atom. The van der Waals surface area contributed by atoms with E-state index in [0.717, 1.165) is 23.5 Å². The van der Waals surface area contributed by atoms with Crippen LogP contribution < -0.4 is 10.2 Å². The molecule has 0 radical (unpaired) electrons. The highest BCUT2D eigenvalue weighted by atomic mass is 32.2. The van der Waals surface area contributed by atoms with E-state index in [0.29, 0.717) is 12.3 Å². The first kappa shape index (κ1) is 17.9. The molecule has 0 aliphatic carbocycles. The molecule has 1 aliphatic heterocycles. The predicted molar refractivity (Wildman–Crippen MR) is 106 cm³/mol. The maximum Gasteiger partial charge on any atom is 0.230 e. The minimum atomic E-state index is 0.0747. The van der Waals surface area contributed by atoms with Gasteiger partial charge in [-0.2, -0.15) is 0 Å². The summed E-state index contributed by atoms with van der Waals surface area (Å²) in [5.74, 6) is 0.528. The average Bonchev–Trinajstić information content (AvgIpc) is 2.67. The van der Waals surface area contributed by atoms with Crippen molar-refractivity contribution in [2.24, 2.45) is 0 Å². The Bertz CT molecular complexity index is 676. The molecule has 0 bridgehead atoms. The molecule has 0 saturated carbocycles. The smallest absolute Gasteiger partial charge is 0.230 e. The standard InChI is InChI=1S/C21H26N2OS/c1-17-5-11-20(12-6-17)25-16-21(24)22-15-18-7-9-19(10-8-18)23-13-3-2-4-14-23/h5-12H,2-4,13-16H2,1H3,(H,22,24). The van der Waals surface area contributed by atoms with Crippen LogP contribution in [0.2, 0.25) is 0 Å². The number of hydrogen-bond donors (Lipinski definition) is 1. The fraction of sp³-hybridized carbons (Fsp3) is 0.381. The van der Waals surface area contributed by atoms with E-state index >= 15 is 0 Å². The highest BCUT2D eigenvalue weighted by Gasteiger charge is 2.10. The predicted octanol–water partition coefficient (Wildman–Crippen LogP) is 4.39. The maximum absolute atomic E-state index is 12.0. The number of piperidine rings is 1. The van der Waals surface area contributed by atoms with Gasteiger partial charge >= 0.3 is 0 Å². The van der Waals surface area contributed by atoms with Crippen molar-refractivity contribution in [3.8, 4) is 0 Å². The number of amides is 1. The minimum Gasteiger partial charge on any atom is -0.372 e. The molecule has 1 aliphatic rings. The molecule has 25 heavy (non-hydrogen) atoms. The summed E-state index contributed by atoms with van der Waals surface area (Å²) >= 11 is 1.57. The molecule has 1 saturated heterocycles. The molecule has 132 valence electrons. The Morgan fingerprint density at radius 3 is 2.36 bits per heavy atom. The van der Waals surface area contributed by atoms with Crippen molar-refractivity contribution in [3.63, 3.8) is 0 Å². The van der Waals surface area contributed by atoms with Crippen LogP contribution in [-0.4, -0.2) is 24.7 Å². The fourth-order valence-electron chi connectivity index (χ4n) is 3.01. The van der Waals surface area contributed by atoms with Gasteiger partial charge in [-0.15, -0.1) is 11.8 Å². The van der Waals surface area contributed by atoms with Crippen molar-refractivity contribution in [1.82, 2.24) is 5.32 Å². The minimum absolute atomic E-state index is 0.0747. The van der Waals surface area contributed by atoms with Crippen LogP contribution >= 0.6 is 11.8 Å². The quantitative estimate of drug-likeness (QED) is 0.781. The zero-order valence-electron chi connectivity index (χ0n) is 14.8. The first-order chi connectivity index (χ1) is 12.2. The number of thioether (sulfide) groups is 1. The van der Waals surface area contributed by atoms with E-state index in [4.69, 9.17) is 0 Å². The first-order valence-electron chi connectivity index (χ1n) is 9.01. The number of carbonyl (C=O) groups excluding carboxylic acids is 1. The van der Waals surface area contributed by atoms with Crippen LogP contribution in [0.1, 0.15) is 30.4 Å². The van der Waals surface area contributed by atoms with Crippen LogP contribution in [-0.2, 0) is 11.3 Å². The van der Waals surface area contributed by atoms with Gasteiger partial charge in [-0.1, -0.05) is 29.8 Å². The number of nitrogens with zero attached hydrogens (tertiary/aromatic N) is 1. The van der Waals surface area contributed by atoms with Crippen molar-refractivity contribution in [3.05, 3.63) is 59.7 Å². The molecule has 1 amide bonds. The van der Waals surface area contributed by atoms with Gasteiger partial charge in [0.1, 0.15) is 0 Å². The van der Waals surface area contributed by atoms with Crippen molar-refractivity contribution in [1.29, 1.82) is 0 Å². The molecule has 1 fully saturated rings. The number of carbonyl (C=O) groups is 1. The molecule has 0 atom stereocenters. The maximum atomic E-state index is 12.0. The molecule has 2 aromatic rings. The molecule has 1 N–H and O–H groups in total. The zero-order chi connectivity index (χ0) is 17.5. The molecule has 2 aromatic carbocycles. The summed E-state index contributed by atoms with van der Waals surface area (Å²) in [5, 5.41) is 3.01. The molecule has 0 unspecified atom stereocenters. The number of nitrogens with one attached hydrogen (secondary N) is 1. The van der Waals surface area contributed by atoms with Gasteiger partial charge in [-0.05, 0) is 56.0 Å². The largest absolute Gasteiger partial charge is 0.372 e. The van der Waals surface area contributed by atoms with Crippen molar-refractivity contribution in [2.45, 2.75) is 37.6 Å². The van der Waals surface area contributed by atoms with Crippen LogP contribution in [0.25, 0.3) is 0 Å². The van der Waals surface area contributed by atoms with Crippen molar-refractivity contribution < 1.29 is 4.79 Å². The van der Waals surface area contributed by atoms with Gasteiger partial charge in [-0.3, -0.25) is 4.79 Å². The summed E-state index contributed by atoms with van der Waals surface area (Å²) in [6.07, 6.45) is 3.92. The number of rotatable bonds is 6. The van der Waals surface area contributed by atoms with Crippen LogP contribution in [0, 0.1) is 6.92 Å². The van der Waals surface area contributed by atoms with Crippen LogP contribution in [0.4, 0.5) is 5.69 Å². The molecular weight excluding hydrogens is 328 g/mol. The Labute approximate surface area is 154 Å². The number of anilines is 1. The van der Waals surface area contributed by atoms with E-state index in [1.54, 1.807) is 11.8 Å². The molecular formula is C21H26N2OS. The fourth-order valence-corrected chi connectivity index (χ4v) is 3.74. The molecule has 4 heteroatoms. The molecule has 0 aromatic heterocycles. The van der Waals surface area contributed by atoms with Gasteiger partial charge in [-0.25, -0.2) is 0 Å². The van der Waals surface area contributed by atoms with Crippen molar-refractivity contribution >= 4 is 23.4 Å². The summed E-state index contributed by atoms with van der Waals surface area (Å²) in [7, 11) is 0. The molecule has 3 nitrogen and oxygen atoms in total. The summed E-state index contributed by atoms with van der Waals surface area (Å²) in [4.78, 5) is 15.6. The lowest BCUT2D eigenvalue weighted by Gasteiger charge is -2.28. The summed E-state index contributed by atoms with van der Waals surface area (Å²) in [5.41, 5.74) is 3.68. The lowest BCUT2D eigenvalue weighted by molar-refractivity contribution is -0.118. The van der Waals surface area contributed by atoms with Gasteiger partial charge in [0.25, 0.3) is 0 Å². The Kier molecular flexibility index (Phi) is 6.40. The second-order valence-corrected chi connectivity index (χ2v) is 7.64. The van der Waals surface area contributed by atoms with Crippen LogP contribution in [0.3, 0.4) is 0 Å². The second-order valence-electron chi connectivity index (χ2n) is 6.59. The zero-order valence-corrected chi connectivity index (χ0v) is 15.6. The summed E-state index contributed by atoms with van der Waals surface area (Å²) < 4.78 is 0. The number of benzene rings is 2. The Balaban J connectivity index is 1.43. The number of aryl methyl sites for hydroxylation is 1. The van der Waals surface area contributed by atoms with Crippen molar-refractivity contribution in [2.75, 3.05) is 23.7 Å². The SMILES string of the molecule is Cc1ccc(SCC(=O)NCc2ccc(N3CCCCC3)cc2)cc1. The third kappa shape index (κ3) is 5.53. The Hall–Kier alpha value is -1.94. The highest BCUT2D eigenvalue weighted by Crippen LogP contribution is 2.20. The molecule has 1 heterocycles. The lowest BCUT2D eigenvalue weighted by Crippen LogP contribution is -2.29. The van der Waals surface area contributed by atoms with E-state index in [-0.39, 0.29) is 5.91 Å². The van der Waals surface area contributed by atoms with Crippen LogP contribution in [0.5, 0.6) is 0 Å². The van der Waals surface area contributed by atoms with Gasteiger partial charge in [0.05, 0.1) is 5.75 Å². The van der Waals surface area contributed by atoms with Gasteiger partial charge in [0.2, 0.25) is 5.91 Å². The van der Waals surface area contributed by atoms with Crippen LogP contribution in [0.15, 0.2) is 53.4 Å². The second kappa shape index (κ2) is 8.95. The first-order valence-corrected chi connectivity index (χ1v) is 9.99. The number of hydrogen-bond acceptors (Lipinski definition) is 3. The van der Waals surface area contributed by atoms with Gasteiger partial charge in [0, 0.05) is 30.2 Å². The highest BCUT2D eigenvalue weighted by molar-refractivity contribution is 8.00. The van der Waals surface area contributed by atoms with E-state index < -0.39 is 0 Å². The monoisotopic (exact) mass is 354 g/mol. The van der Waals surface area contributed by atoms with E-state index in [1.165, 1.54) is 30.5 Å². The Morgan fingerprint density at radius 2 is 1.68 bits per heavy atom. The summed E-state index contributed by atoms with van der Waals surface area (Å²) in [6.45, 7) is 4.98. The third-order valence-corrected chi connectivity index (χ3v) is 5.55.